The van der Waals surface area contributed by atoms with Crippen LogP contribution in [0.1, 0.15) is 5.69 Å². The smallest absolute Gasteiger partial charge is 0.146 e. The number of methoxy groups -OCH3 is 1. The molecule has 1 heterocycles. The van der Waals surface area contributed by atoms with Crippen LogP contribution in [0.2, 0.25) is 0 Å². The Morgan fingerprint density at radius 3 is 3.08 bits per heavy atom. The molecule has 0 amide bonds. The van der Waals surface area contributed by atoms with Crippen molar-refractivity contribution in [1.29, 1.82) is 0 Å². The molecule has 0 aliphatic carbocycles. The van der Waals surface area contributed by atoms with Gasteiger partial charge >= 0.3 is 0 Å². The number of aromatic nitrogens is 2. The van der Waals surface area contributed by atoms with Crippen LogP contribution < -0.4 is 5.73 Å². The van der Waals surface area contributed by atoms with Crippen molar-refractivity contribution in [3.05, 3.63) is 18.0 Å². The molecule has 5 nitrogen and oxygen atoms in total. The lowest BCUT2D eigenvalue weighted by molar-refractivity contribution is 0.208. The molecule has 0 fully saturated rings. The number of ether oxygens (including phenoxy) is 1. The molecule has 0 unspecified atom stereocenters. The maximum Gasteiger partial charge on any atom is 0.146 e. The molecule has 0 spiro atoms. The second-order valence-electron chi connectivity index (χ2n) is 2.63. The molecule has 0 aromatic carbocycles. The van der Waals surface area contributed by atoms with Gasteiger partial charge in [0.05, 0.1) is 13.2 Å². The molecule has 2 N–H and O–H groups in total. The van der Waals surface area contributed by atoms with Crippen LogP contribution >= 0.6 is 0 Å². The molecule has 72 valence electrons. The average Bonchev–Trinajstić information content (AvgIpc) is 2.52. The number of amidine groups is 1. The molecular weight excluding hydrogens is 168 g/mol. The van der Waals surface area contributed by atoms with Gasteiger partial charge in [0.1, 0.15) is 11.5 Å². The van der Waals surface area contributed by atoms with Crippen molar-refractivity contribution >= 4 is 5.84 Å². The molecule has 0 radical (unpaired) electrons. The van der Waals surface area contributed by atoms with Gasteiger partial charge in [-0.05, 0) is 6.07 Å². The van der Waals surface area contributed by atoms with Crippen molar-refractivity contribution in [3.8, 4) is 0 Å². The molecule has 5 heteroatoms. The maximum atomic E-state index is 5.67. The van der Waals surface area contributed by atoms with E-state index in [1.54, 1.807) is 11.8 Å². The fraction of sp³-hybridized carbons (Fsp3) is 0.500. The van der Waals surface area contributed by atoms with E-state index < -0.39 is 0 Å². The fourth-order valence-corrected chi connectivity index (χ4v) is 0.890. The van der Waals surface area contributed by atoms with Gasteiger partial charge in [0.25, 0.3) is 0 Å². The van der Waals surface area contributed by atoms with Gasteiger partial charge in [0.15, 0.2) is 0 Å². The molecule has 1 aromatic heterocycles. The predicted octanol–water partition coefficient (Wildman–Crippen LogP) is -0.228. The molecule has 13 heavy (non-hydrogen) atoms. The zero-order valence-electron chi connectivity index (χ0n) is 7.90. The van der Waals surface area contributed by atoms with Gasteiger partial charge in [0.2, 0.25) is 0 Å². The van der Waals surface area contributed by atoms with Crippen LogP contribution in [-0.4, -0.2) is 35.9 Å². The largest absolute Gasteiger partial charge is 0.383 e. The summed E-state index contributed by atoms with van der Waals surface area (Å²) in [6, 6.07) is 1.83. The predicted molar refractivity (Wildman–Crippen MR) is 50.7 cm³/mol. The summed E-state index contributed by atoms with van der Waals surface area (Å²) in [4.78, 5) is 4.09. The highest BCUT2D eigenvalue weighted by atomic mass is 16.5. The Hall–Kier alpha value is -1.36. The number of aryl methyl sites for hydroxylation is 1. The first-order valence-electron chi connectivity index (χ1n) is 4.03. The summed E-state index contributed by atoms with van der Waals surface area (Å²) in [5.74, 6) is 0.456. The van der Waals surface area contributed by atoms with Crippen molar-refractivity contribution in [1.82, 2.24) is 9.78 Å². The number of hydrogen-bond acceptors (Lipinski definition) is 3. The molecule has 0 bridgehead atoms. The number of hydrogen-bond donors (Lipinski definition) is 1. The summed E-state index contributed by atoms with van der Waals surface area (Å²) in [5.41, 5.74) is 6.37. The standard InChI is InChI=1S/C8H14N4O/c1-12-5-3-7(11-12)8(9)10-4-6-13-2/h3,5H,4,6H2,1-2H3,(H2,9,10). The van der Waals surface area contributed by atoms with E-state index in [0.717, 1.165) is 0 Å². The topological polar surface area (TPSA) is 65.4 Å². The Balaban J connectivity index is 2.56. The van der Waals surface area contributed by atoms with Gasteiger partial charge in [-0.15, -0.1) is 0 Å². The van der Waals surface area contributed by atoms with Gasteiger partial charge in [-0.3, -0.25) is 9.67 Å². The number of aliphatic imine (C=N–C) groups is 1. The van der Waals surface area contributed by atoms with E-state index >= 15 is 0 Å². The highest BCUT2D eigenvalue weighted by Gasteiger charge is 2.00. The SMILES string of the molecule is COCCN=C(N)c1ccn(C)n1. The van der Waals surface area contributed by atoms with Crippen LogP contribution in [0.15, 0.2) is 17.3 Å². The minimum absolute atomic E-state index is 0.456. The van der Waals surface area contributed by atoms with E-state index in [2.05, 4.69) is 10.1 Å². The van der Waals surface area contributed by atoms with E-state index in [1.807, 2.05) is 19.3 Å². The summed E-state index contributed by atoms with van der Waals surface area (Å²) >= 11 is 0. The van der Waals surface area contributed by atoms with Crippen molar-refractivity contribution < 1.29 is 4.74 Å². The average molecular weight is 182 g/mol. The van der Waals surface area contributed by atoms with Crippen molar-refractivity contribution in [3.63, 3.8) is 0 Å². The Labute approximate surface area is 77.2 Å². The highest BCUT2D eigenvalue weighted by molar-refractivity contribution is 5.95. The Morgan fingerprint density at radius 1 is 1.77 bits per heavy atom. The first-order chi connectivity index (χ1) is 6.24. The monoisotopic (exact) mass is 182 g/mol. The lowest BCUT2D eigenvalue weighted by Crippen LogP contribution is -2.15. The van der Waals surface area contributed by atoms with E-state index in [0.29, 0.717) is 24.7 Å². The Bertz CT molecular complexity index is 292. The van der Waals surface area contributed by atoms with Crippen LogP contribution in [0.3, 0.4) is 0 Å². The molecular formula is C8H14N4O. The number of nitrogens with two attached hydrogens (primary N) is 1. The summed E-state index contributed by atoms with van der Waals surface area (Å²) in [6.45, 7) is 1.15. The minimum atomic E-state index is 0.456. The fourth-order valence-electron chi connectivity index (χ4n) is 0.890. The lowest BCUT2D eigenvalue weighted by Gasteiger charge is -1.96. The zero-order valence-corrected chi connectivity index (χ0v) is 7.90. The molecule has 0 saturated heterocycles. The van der Waals surface area contributed by atoms with Gasteiger partial charge in [0, 0.05) is 20.4 Å². The van der Waals surface area contributed by atoms with Crippen LogP contribution in [-0.2, 0) is 11.8 Å². The quantitative estimate of drug-likeness (QED) is 0.397. The third-order valence-corrected chi connectivity index (χ3v) is 1.55. The third kappa shape index (κ3) is 2.87. The minimum Gasteiger partial charge on any atom is -0.383 e. The molecule has 0 saturated carbocycles. The number of rotatable bonds is 4. The van der Waals surface area contributed by atoms with Crippen molar-refractivity contribution in [2.45, 2.75) is 0 Å². The second kappa shape index (κ2) is 4.61. The summed E-state index contributed by atoms with van der Waals surface area (Å²) in [6.07, 6.45) is 1.83. The first-order valence-corrected chi connectivity index (χ1v) is 4.03. The lowest BCUT2D eigenvalue weighted by atomic mass is 10.4. The summed E-state index contributed by atoms with van der Waals surface area (Å²) in [7, 11) is 3.47. The van der Waals surface area contributed by atoms with Crippen LogP contribution in [0.5, 0.6) is 0 Å². The van der Waals surface area contributed by atoms with Crippen molar-refractivity contribution in [2.24, 2.45) is 17.8 Å². The van der Waals surface area contributed by atoms with Crippen LogP contribution in [0, 0.1) is 0 Å². The number of nitrogens with zero attached hydrogens (tertiary/aromatic N) is 3. The summed E-state index contributed by atoms with van der Waals surface area (Å²) < 4.78 is 6.53. The Morgan fingerprint density at radius 2 is 2.54 bits per heavy atom. The van der Waals surface area contributed by atoms with E-state index in [4.69, 9.17) is 10.5 Å². The van der Waals surface area contributed by atoms with E-state index in [1.165, 1.54) is 0 Å². The van der Waals surface area contributed by atoms with Crippen LogP contribution in [0.25, 0.3) is 0 Å². The molecule has 0 atom stereocenters. The highest BCUT2D eigenvalue weighted by Crippen LogP contribution is 1.93. The van der Waals surface area contributed by atoms with E-state index in [9.17, 15) is 0 Å². The third-order valence-electron chi connectivity index (χ3n) is 1.55. The van der Waals surface area contributed by atoms with Gasteiger partial charge in [-0.25, -0.2) is 0 Å². The van der Waals surface area contributed by atoms with Gasteiger partial charge in [-0.1, -0.05) is 0 Å². The first kappa shape index (κ1) is 9.73. The second-order valence-corrected chi connectivity index (χ2v) is 2.63. The Kier molecular flexibility index (Phi) is 3.45. The molecule has 1 rings (SSSR count). The molecule has 1 aromatic rings. The van der Waals surface area contributed by atoms with Crippen LogP contribution in [0.4, 0.5) is 0 Å². The van der Waals surface area contributed by atoms with Gasteiger partial charge in [-0.2, -0.15) is 5.10 Å². The zero-order chi connectivity index (χ0) is 9.68. The molecule has 0 aliphatic heterocycles. The van der Waals surface area contributed by atoms with E-state index in [-0.39, 0.29) is 0 Å². The molecule has 0 aliphatic rings. The van der Waals surface area contributed by atoms with Crippen molar-refractivity contribution in [2.75, 3.05) is 20.3 Å². The normalized spacial score (nSPS) is 12.0. The van der Waals surface area contributed by atoms with Gasteiger partial charge < -0.3 is 10.5 Å². The summed E-state index contributed by atoms with van der Waals surface area (Å²) in [5, 5.41) is 4.11. The maximum absolute atomic E-state index is 5.67.